The topological polar surface area (TPSA) is 85.4 Å². The van der Waals surface area contributed by atoms with E-state index >= 15 is 0 Å². The fraction of sp³-hybridized carbons (Fsp3) is 0.333. The molecule has 4 heterocycles. The second-order valence-electron chi connectivity index (χ2n) is 7.62. The number of hydrogen-bond acceptors (Lipinski definition) is 5. The van der Waals surface area contributed by atoms with E-state index in [9.17, 15) is 9.59 Å². The maximum absolute atomic E-state index is 13.2. The zero-order valence-corrected chi connectivity index (χ0v) is 16.3. The third kappa shape index (κ3) is 3.00. The van der Waals surface area contributed by atoms with E-state index in [1.165, 1.54) is 0 Å². The lowest BCUT2D eigenvalue weighted by Crippen LogP contribution is -2.39. The molecule has 0 aliphatic carbocycles. The van der Waals surface area contributed by atoms with Crippen LogP contribution in [0.5, 0.6) is 0 Å². The Morgan fingerprint density at radius 2 is 2.07 bits per heavy atom. The number of H-pyrrole nitrogens is 1. The highest BCUT2D eigenvalue weighted by Crippen LogP contribution is 2.35. The van der Waals surface area contributed by atoms with E-state index < -0.39 is 0 Å². The zero-order chi connectivity index (χ0) is 20.0. The molecule has 1 saturated heterocycles. The maximum Gasteiger partial charge on any atom is 0.257 e. The predicted molar refractivity (Wildman–Crippen MR) is 109 cm³/mol. The summed E-state index contributed by atoms with van der Waals surface area (Å²) in [5.41, 5.74) is 4.02. The fourth-order valence-electron chi connectivity index (χ4n) is 4.19. The van der Waals surface area contributed by atoms with Crippen LogP contribution in [0.1, 0.15) is 28.8 Å². The molecular formula is C21H22N6O2. The summed E-state index contributed by atoms with van der Waals surface area (Å²) >= 11 is 0. The molecule has 0 atom stereocenters. The van der Waals surface area contributed by atoms with Gasteiger partial charge in [-0.1, -0.05) is 12.1 Å². The number of nitrogens with zero attached hydrogens (tertiary/aromatic N) is 5. The Morgan fingerprint density at radius 3 is 2.90 bits per heavy atom. The van der Waals surface area contributed by atoms with Gasteiger partial charge in [0, 0.05) is 32.1 Å². The predicted octanol–water partition coefficient (Wildman–Crippen LogP) is 2.30. The van der Waals surface area contributed by atoms with E-state index in [4.69, 9.17) is 0 Å². The Bertz CT molecular complexity index is 1100. The molecule has 8 nitrogen and oxygen atoms in total. The van der Waals surface area contributed by atoms with Crippen molar-refractivity contribution in [1.82, 2.24) is 25.0 Å². The van der Waals surface area contributed by atoms with E-state index in [0.717, 1.165) is 53.9 Å². The second-order valence-corrected chi connectivity index (χ2v) is 7.62. The largest absolute Gasteiger partial charge is 0.343 e. The monoisotopic (exact) mass is 390 g/mol. The molecule has 0 radical (unpaired) electrons. The first-order valence-electron chi connectivity index (χ1n) is 9.83. The summed E-state index contributed by atoms with van der Waals surface area (Å²) < 4.78 is 0. The molecule has 8 heteroatoms. The number of pyridine rings is 1. The van der Waals surface area contributed by atoms with Crippen molar-refractivity contribution in [3.63, 3.8) is 0 Å². The lowest BCUT2D eigenvalue weighted by atomic mass is 10.1. The van der Waals surface area contributed by atoms with Gasteiger partial charge in [0.2, 0.25) is 5.91 Å². The van der Waals surface area contributed by atoms with Crippen molar-refractivity contribution in [2.45, 2.75) is 19.4 Å². The van der Waals surface area contributed by atoms with Crippen LogP contribution >= 0.6 is 0 Å². The Hall–Kier alpha value is -3.42. The first-order chi connectivity index (χ1) is 14.1. The van der Waals surface area contributed by atoms with Gasteiger partial charge in [0.25, 0.3) is 5.91 Å². The van der Waals surface area contributed by atoms with Gasteiger partial charge in [0.15, 0.2) is 5.65 Å². The van der Waals surface area contributed by atoms with Gasteiger partial charge in [-0.2, -0.15) is 5.10 Å². The lowest BCUT2D eigenvalue weighted by Gasteiger charge is -2.22. The molecule has 0 saturated carbocycles. The molecule has 29 heavy (non-hydrogen) atoms. The minimum Gasteiger partial charge on any atom is -0.343 e. The summed E-state index contributed by atoms with van der Waals surface area (Å²) in [6.45, 7) is 2.20. The van der Waals surface area contributed by atoms with Crippen LogP contribution in [-0.2, 0) is 11.3 Å². The molecule has 2 amide bonds. The average molecular weight is 390 g/mol. The SMILES string of the molecule is CN(c1cnc2[nH]ncc2c1)c1cccc2c1C(=O)N(CC(=O)N1CCCC1)C2. The summed E-state index contributed by atoms with van der Waals surface area (Å²) in [6.07, 6.45) is 5.58. The van der Waals surface area contributed by atoms with E-state index in [1.54, 1.807) is 17.3 Å². The van der Waals surface area contributed by atoms with Gasteiger partial charge in [-0.15, -0.1) is 0 Å². The third-order valence-corrected chi connectivity index (χ3v) is 5.80. The molecule has 5 rings (SSSR count). The van der Waals surface area contributed by atoms with Crippen molar-refractivity contribution in [3.8, 4) is 0 Å². The molecule has 2 aromatic heterocycles. The van der Waals surface area contributed by atoms with E-state index in [1.807, 2.05) is 41.1 Å². The van der Waals surface area contributed by atoms with Crippen LogP contribution in [-0.4, -0.2) is 63.5 Å². The summed E-state index contributed by atoms with van der Waals surface area (Å²) in [5.74, 6) is -0.0551. The molecule has 2 aliphatic heterocycles. The van der Waals surface area contributed by atoms with Gasteiger partial charge >= 0.3 is 0 Å². The number of likely N-dealkylation sites (tertiary alicyclic amines) is 1. The molecule has 0 spiro atoms. The van der Waals surface area contributed by atoms with Crippen LogP contribution in [0.25, 0.3) is 11.0 Å². The van der Waals surface area contributed by atoms with Gasteiger partial charge in [0.1, 0.15) is 6.54 Å². The van der Waals surface area contributed by atoms with Gasteiger partial charge in [0.05, 0.1) is 29.3 Å². The van der Waals surface area contributed by atoms with Crippen molar-refractivity contribution in [2.75, 3.05) is 31.6 Å². The van der Waals surface area contributed by atoms with Crippen molar-refractivity contribution in [1.29, 1.82) is 0 Å². The number of fused-ring (bicyclic) bond motifs is 2. The van der Waals surface area contributed by atoms with Gasteiger partial charge < -0.3 is 14.7 Å². The Morgan fingerprint density at radius 1 is 1.24 bits per heavy atom. The number of amides is 2. The van der Waals surface area contributed by atoms with Crippen molar-refractivity contribution in [2.24, 2.45) is 0 Å². The molecule has 1 aromatic carbocycles. The van der Waals surface area contributed by atoms with Crippen LogP contribution in [0.3, 0.4) is 0 Å². The van der Waals surface area contributed by atoms with Gasteiger partial charge in [-0.3, -0.25) is 14.7 Å². The van der Waals surface area contributed by atoms with Crippen molar-refractivity contribution < 1.29 is 9.59 Å². The zero-order valence-electron chi connectivity index (χ0n) is 16.3. The number of benzene rings is 1. The number of nitrogens with one attached hydrogen (secondary N) is 1. The molecule has 1 fully saturated rings. The molecule has 148 valence electrons. The highest BCUT2D eigenvalue weighted by Gasteiger charge is 2.33. The van der Waals surface area contributed by atoms with Crippen LogP contribution in [0, 0.1) is 0 Å². The number of aromatic amines is 1. The standard InChI is InChI=1S/C21H22N6O2/c1-25(16-9-15-10-23-24-20(15)22-11-16)17-6-4-5-14-12-27(21(29)19(14)17)13-18(28)26-7-2-3-8-26/h4-6,9-11H,2-3,7-8,12-13H2,1H3,(H,22,23,24). The normalized spacial score (nSPS) is 16.0. The molecule has 0 bridgehead atoms. The lowest BCUT2D eigenvalue weighted by molar-refractivity contribution is -0.130. The highest BCUT2D eigenvalue weighted by molar-refractivity contribution is 6.05. The molecule has 3 aromatic rings. The van der Waals surface area contributed by atoms with Gasteiger partial charge in [-0.05, 0) is 30.5 Å². The fourth-order valence-corrected chi connectivity index (χ4v) is 4.19. The summed E-state index contributed by atoms with van der Waals surface area (Å²) in [6, 6.07) is 7.83. The third-order valence-electron chi connectivity index (χ3n) is 5.80. The van der Waals surface area contributed by atoms with E-state index in [0.29, 0.717) is 12.1 Å². The quantitative estimate of drug-likeness (QED) is 0.739. The smallest absolute Gasteiger partial charge is 0.257 e. The average Bonchev–Trinajstić information content (AvgIpc) is 3.48. The molecular weight excluding hydrogens is 368 g/mol. The Kier molecular flexibility index (Phi) is 4.19. The molecule has 1 N–H and O–H groups in total. The van der Waals surface area contributed by atoms with Crippen LogP contribution < -0.4 is 4.90 Å². The van der Waals surface area contributed by atoms with Gasteiger partial charge in [-0.25, -0.2) is 4.98 Å². The summed E-state index contributed by atoms with van der Waals surface area (Å²) in [7, 11) is 1.92. The maximum atomic E-state index is 13.2. The summed E-state index contributed by atoms with van der Waals surface area (Å²) in [4.78, 5) is 35.6. The Balaban J connectivity index is 1.42. The number of rotatable bonds is 4. The minimum absolute atomic E-state index is 0.0353. The number of aromatic nitrogens is 3. The number of anilines is 2. The highest BCUT2D eigenvalue weighted by atomic mass is 16.2. The summed E-state index contributed by atoms with van der Waals surface area (Å²) in [5, 5.41) is 7.77. The van der Waals surface area contributed by atoms with Crippen LogP contribution in [0.4, 0.5) is 11.4 Å². The first-order valence-corrected chi connectivity index (χ1v) is 9.83. The van der Waals surface area contributed by atoms with Crippen molar-refractivity contribution in [3.05, 3.63) is 47.8 Å². The van der Waals surface area contributed by atoms with Crippen LogP contribution in [0.2, 0.25) is 0 Å². The first kappa shape index (κ1) is 17.7. The van der Waals surface area contributed by atoms with Crippen LogP contribution in [0.15, 0.2) is 36.7 Å². The molecule has 2 aliphatic rings. The Labute approximate surface area is 168 Å². The van der Waals surface area contributed by atoms with E-state index in [-0.39, 0.29) is 18.4 Å². The minimum atomic E-state index is -0.0904. The number of hydrogen-bond donors (Lipinski definition) is 1. The van der Waals surface area contributed by atoms with E-state index in [2.05, 4.69) is 15.2 Å². The number of carbonyl (C=O) groups is 2. The second kappa shape index (κ2) is 6.88. The molecule has 0 unspecified atom stereocenters. The number of carbonyl (C=O) groups excluding carboxylic acids is 2. The van der Waals surface area contributed by atoms with Crippen molar-refractivity contribution >= 4 is 34.2 Å².